The van der Waals surface area contributed by atoms with E-state index in [1.54, 1.807) is 12.1 Å². The van der Waals surface area contributed by atoms with Crippen LogP contribution in [0.3, 0.4) is 0 Å². The quantitative estimate of drug-likeness (QED) is 0.673. The average molecular weight is 295 g/mol. The van der Waals surface area contributed by atoms with Crippen molar-refractivity contribution in [2.75, 3.05) is 18.4 Å². The predicted molar refractivity (Wildman–Crippen MR) is 77.2 cm³/mol. The zero-order valence-corrected chi connectivity index (χ0v) is 12.1. The molecular weight excluding hydrogens is 278 g/mol. The topological polar surface area (TPSA) is 78.8 Å². The molecule has 1 aliphatic rings. The Kier molecular flexibility index (Phi) is 4.39. The molecule has 1 amide bonds. The molecule has 0 bridgehead atoms. The Balaban J connectivity index is 2.10. The maximum absolute atomic E-state index is 12.0. The molecule has 1 fully saturated rings. The van der Waals surface area contributed by atoms with Crippen molar-refractivity contribution >= 4 is 28.0 Å². The SMILES string of the molecule is CC(=O)Nc1ccc(S(=O)(=O)/N=C/N2CCCC2)cc1. The number of rotatable bonds is 4. The zero-order chi connectivity index (χ0) is 14.6. The minimum atomic E-state index is -3.68. The summed E-state index contributed by atoms with van der Waals surface area (Å²) in [4.78, 5) is 12.9. The Morgan fingerprint density at radius 3 is 2.40 bits per heavy atom. The van der Waals surface area contributed by atoms with Gasteiger partial charge >= 0.3 is 0 Å². The van der Waals surface area contributed by atoms with Crippen LogP contribution in [0.2, 0.25) is 0 Å². The molecule has 6 nitrogen and oxygen atoms in total. The van der Waals surface area contributed by atoms with Crippen LogP contribution in [0.5, 0.6) is 0 Å². The van der Waals surface area contributed by atoms with Crippen LogP contribution < -0.4 is 5.32 Å². The molecule has 2 rings (SSSR count). The molecule has 0 atom stereocenters. The standard InChI is InChI=1S/C13H17N3O3S/c1-11(17)15-12-4-6-13(7-5-12)20(18,19)14-10-16-8-2-3-9-16/h4-7,10H,2-3,8-9H2,1H3,(H,15,17)/b14-10+. The van der Waals surface area contributed by atoms with Crippen molar-refractivity contribution in [3.8, 4) is 0 Å². The average Bonchev–Trinajstić information content (AvgIpc) is 2.89. The fraction of sp³-hybridized carbons (Fsp3) is 0.385. The molecule has 0 radical (unpaired) electrons. The summed E-state index contributed by atoms with van der Waals surface area (Å²) < 4.78 is 27.7. The number of nitrogens with one attached hydrogen (secondary N) is 1. The number of hydrogen-bond acceptors (Lipinski definition) is 3. The number of nitrogens with zero attached hydrogens (tertiary/aromatic N) is 2. The second kappa shape index (κ2) is 6.04. The van der Waals surface area contributed by atoms with Crippen LogP contribution in [0.1, 0.15) is 19.8 Å². The van der Waals surface area contributed by atoms with E-state index < -0.39 is 10.0 Å². The lowest BCUT2D eigenvalue weighted by molar-refractivity contribution is -0.114. The van der Waals surface area contributed by atoms with E-state index in [9.17, 15) is 13.2 Å². The number of amides is 1. The third-order valence-corrected chi connectivity index (χ3v) is 4.20. The third-order valence-electron chi connectivity index (χ3n) is 2.96. The van der Waals surface area contributed by atoms with Crippen LogP contribution in [0.25, 0.3) is 0 Å². The molecule has 0 spiro atoms. The van der Waals surface area contributed by atoms with Crippen molar-refractivity contribution in [2.45, 2.75) is 24.7 Å². The van der Waals surface area contributed by atoms with E-state index in [1.165, 1.54) is 25.4 Å². The molecule has 1 aromatic carbocycles. The predicted octanol–water partition coefficient (Wildman–Crippen LogP) is 1.46. The Labute approximate surface area is 118 Å². The summed E-state index contributed by atoms with van der Waals surface area (Å²) in [6.45, 7) is 3.09. The van der Waals surface area contributed by atoms with Crippen molar-refractivity contribution in [3.63, 3.8) is 0 Å². The lowest BCUT2D eigenvalue weighted by Gasteiger charge is -2.09. The second-order valence-corrected chi connectivity index (χ2v) is 6.28. The molecule has 1 saturated heterocycles. The number of benzene rings is 1. The van der Waals surface area contributed by atoms with Crippen LogP contribution in [0, 0.1) is 0 Å². The van der Waals surface area contributed by atoms with Crippen LogP contribution in [-0.4, -0.2) is 38.7 Å². The van der Waals surface area contributed by atoms with Gasteiger partial charge in [0, 0.05) is 25.7 Å². The molecule has 108 valence electrons. The molecular formula is C13H17N3O3S. The zero-order valence-electron chi connectivity index (χ0n) is 11.2. The van der Waals surface area contributed by atoms with Gasteiger partial charge in [0.1, 0.15) is 6.34 Å². The Morgan fingerprint density at radius 2 is 1.85 bits per heavy atom. The highest BCUT2D eigenvalue weighted by Crippen LogP contribution is 2.16. The lowest BCUT2D eigenvalue weighted by atomic mass is 10.3. The number of carbonyl (C=O) groups is 1. The maximum atomic E-state index is 12.0. The van der Waals surface area contributed by atoms with Crippen molar-refractivity contribution in [3.05, 3.63) is 24.3 Å². The molecule has 1 aromatic rings. The fourth-order valence-electron chi connectivity index (χ4n) is 1.96. The van der Waals surface area contributed by atoms with Gasteiger partial charge in [0.25, 0.3) is 10.0 Å². The molecule has 0 aromatic heterocycles. The largest absolute Gasteiger partial charge is 0.362 e. The summed E-state index contributed by atoms with van der Waals surface area (Å²) in [6, 6.07) is 5.95. The van der Waals surface area contributed by atoms with E-state index in [-0.39, 0.29) is 10.8 Å². The Hall–Kier alpha value is -1.89. The van der Waals surface area contributed by atoms with Gasteiger partial charge in [-0.25, -0.2) is 0 Å². The van der Waals surface area contributed by atoms with Crippen LogP contribution in [-0.2, 0) is 14.8 Å². The van der Waals surface area contributed by atoms with Gasteiger partial charge in [-0.15, -0.1) is 4.40 Å². The van der Waals surface area contributed by atoms with Gasteiger partial charge in [-0.05, 0) is 37.1 Å². The summed E-state index contributed by atoms with van der Waals surface area (Å²) in [5.74, 6) is -0.201. The molecule has 20 heavy (non-hydrogen) atoms. The second-order valence-electron chi connectivity index (χ2n) is 4.64. The summed E-state index contributed by atoms with van der Waals surface area (Å²) in [6.07, 6.45) is 3.53. The van der Waals surface area contributed by atoms with E-state index in [4.69, 9.17) is 0 Å². The Morgan fingerprint density at radius 1 is 1.25 bits per heavy atom. The van der Waals surface area contributed by atoms with Gasteiger partial charge < -0.3 is 10.2 Å². The molecule has 1 heterocycles. The number of likely N-dealkylation sites (tertiary alicyclic amines) is 1. The first kappa shape index (κ1) is 14.5. The molecule has 1 aliphatic heterocycles. The van der Waals surface area contributed by atoms with Gasteiger partial charge in [-0.2, -0.15) is 8.42 Å². The highest BCUT2D eigenvalue weighted by molar-refractivity contribution is 7.90. The highest BCUT2D eigenvalue weighted by Gasteiger charge is 2.14. The van der Waals surface area contributed by atoms with Gasteiger partial charge in [0.05, 0.1) is 4.90 Å². The van der Waals surface area contributed by atoms with Gasteiger partial charge in [-0.3, -0.25) is 4.79 Å². The number of sulfonamides is 1. The van der Waals surface area contributed by atoms with E-state index in [1.807, 2.05) is 4.90 Å². The normalized spacial score (nSPS) is 15.8. The number of carbonyl (C=O) groups excluding carboxylic acids is 1. The molecule has 7 heteroatoms. The van der Waals surface area contributed by atoms with E-state index in [0.29, 0.717) is 5.69 Å². The van der Waals surface area contributed by atoms with E-state index >= 15 is 0 Å². The Bertz CT molecular complexity index is 602. The fourth-order valence-corrected chi connectivity index (χ4v) is 2.82. The monoisotopic (exact) mass is 295 g/mol. The number of anilines is 1. The lowest BCUT2D eigenvalue weighted by Crippen LogP contribution is -2.17. The number of hydrogen-bond donors (Lipinski definition) is 1. The molecule has 0 aliphatic carbocycles. The van der Waals surface area contributed by atoms with Crippen molar-refractivity contribution in [1.82, 2.24) is 4.90 Å². The summed E-state index contributed by atoms with van der Waals surface area (Å²) in [5.41, 5.74) is 0.556. The van der Waals surface area contributed by atoms with Crippen molar-refractivity contribution in [1.29, 1.82) is 0 Å². The van der Waals surface area contributed by atoms with E-state index in [2.05, 4.69) is 9.71 Å². The molecule has 0 saturated carbocycles. The van der Waals surface area contributed by atoms with Gasteiger partial charge in [0.2, 0.25) is 5.91 Å². The van der Waals surface area contributed by atoms with Gasteiger partial charge in [-0.1, -0.05) is 0 Å². The van der Waals surface area contributed by atoms with Crippen LogP contribution in [0.15, 0.2) is 33.6 Å². The minimum absolute atomic E-state index is 0.113. The van der Waals surface area contributed by atoms with E-state index in [0.717, 1.165) is 25.9 Å². The highest BCUT2D eigenvalue weighted by atomic mass is 32.2. The van der Waals surface area contributed by atoms with Crippen molar-refractivity contribution in [2.24, 2.45) is 4.40 Å². The first-order valence-electron chi connectivity index (χ1n) is 6.39. The summed E-state index contributed by atoms with van der Waals surface area (Å²) >= 11 is 0. The van der Waals surface area contributed by atoms with Crippen LogP contribution in [0.4, 0.5) is 5.69 Å². The van der Waals surface area contributed by atoms with Gasteiger partial charge in [0.15, 0.2) is 0 Å². The third kappa shape index (κ3) is 3.80. The summed E-state index contributed by atoms with van der Waals surface area (Å²) in [5, 5.41) is 2.58. The van der Waals surface area contributed by atoms with Crippen LogP contribution >= 0.6 is 0 Å². The molecule has 0 unspecified atom stereocenters. The first-order valence-corrected chi connectivity index (χ1v) is 7.83. The minimum Gasteiger partial charge on any atom is -0.362 e. The summed E-state index contributed by atoms with van der Waals surface area (Å²) in [7, 11) is -3.68. The smallest absolute Gasteiger partial charge is 0.283 e. The maximum Gasteiger partial charge on any atom is 0.283 e. The first-order chi connectivity index (χ1) is 9.47. The van der Waals surface area contributed by atoms with Crippen molar-refractivity contribution < 1.29 is 13.2 Å². The molecule has 1 N–H and O–H groups in total.